The molecule has 1 aliphatic heterocycles. The van der Waals surface area contributed by atoms with E-state index in [9.17, 15) is 4.21 Å². The van der Waals surface area contributed by atoms with Crippen LogP contribution in [0, 0.1) is 0 Å². The number of halogens is 1. The lowest BCUT2D eigenvalue weighted by molar-refractivity contribution is 0.495. The third-order valence-electron chi connectivity index (χ3n) is 2.21. The lowest BCUT2D eigenvalue weighted by Gasteiger charge is -2.27. The SMILES string of the molecule is CC1CS(=O)CC(c2ccc(Cl)s2)N1. The Labute approximate surface area is 95.1 Å². The van der Waals surface area contributed by atoms with Crippen LogP contribution in [0.2, 0.25) is 4.34 Å². The van der Waals surface area contributed by atoms with Crippen LogP contribution in [0.4, 0.5) is 0 Å². The van der Waals surface area contributed by atoms with E-state index in [1.807, 2.05) is 12.1 Å². The Morgan fingerprint density at radius 1 is 1.57 bits per heavy atom. The largest absolute Gasteiger partial charge is 0.305 e. The van der Waals surface area contributed by atoms with Crippen molar-refractivity contribution in [1.29, 1.82) is 0 Å². The Morgan fingerprint density at radius 2 is 2.36 bits per heavy atom. The van der Waals surface area contributed by atoms with Crippen LogP contribution in [-0.2, 0) is 10.8 Å². The van der Waals surface area contributed by atoms with Gasteiger partial charge in [0.05, 0.1) is 10.4 Å². The quantitative estimate of drug-likeness (QED) is 0.827. The summed E-state index contributed by atoms with van der Waals surface area (Å²) >= 11 is 7.43. The Balaban J connectivity index is 2.14. The van der Waals surface area contributed by atoms with E-state index in [1.54, 1.807) is 11.3 Å². The molecule has 3 unspecified atom stereocenters. The molecular formula is C9H12ClNOS2. The molecule has 0 saturated carbocycles. The molecule has 3 atom stereocenters. The van der Waals surface area contributed by atoms with Gasteiger partial charge in [0, 0.05) is 33.2 Å². The van der Waals surface area contributed by atoms with E-state index in [4.69, 9.17) is 11.6 Å². The molecule has 0 aromatic carbocycles. The third-order valence-corrected chi connectivity index (χ3v) is 5.13. The molecule has 1 aliphatic rings. The van der Waals surface area contributed by atoms with E-state index in [-0.39, 0.29) is 6.04 Å². The number of hydrogen-bond donors (Lipinski definition) is 1. The molecule has 1 aromatic heterocycles. The molecule has 0 amide bonds. The molecule has 2 nitrogen and oxygen atoms in total. The second-order valence-electron chi connectivity index (χ2n) is 3.54. The van der Waals surface area contributed by atoms with E-state index in [0.717, 1.165) is 10.1 Å². The monoisotopic (exact) mass is 249 g/mol. The molecule has 2 rings (SSSR count). The molecule has 1 N–H and O–H groups in total. The number of nitrogens with one attached hydrogen (secondary N) is 1. The summed E-state index contributed by atoms with van der Waals surface area (Å²) in [5.74, 6) is 1.47. The Morgan fingerprint density at radius 3 is 2.93 bits per heavy atom. The maximum absolute atomic E-state index is 11.5. The lowest BCUT2D eigenvalue weighted by atomic mass is 10.2. The summed E-state index contributed by atoms with van der Waals surface area (Å²) in [6, 6.07) is 4.46. The van der Waals surface area contributed by atoms with Crippen molar-refractivity contribution in [1.82, 2.24) is 5.32 Å². The lowest BCUT2D eigenvalue weighted by Crippen LogP contribution is -2.42. The van der Waals surface area contributed by atoms with Crippen LogP contribution in [0.3, 0.4) is 0 Å². The average molecular weight is 250 g/mol. The summed E-state index contributed by atoms with van der Waals surface area (Å²) in [5, 5.41) is 3.44. The standard InChI is InChI=1S/C9H12ClNOS2/c1-6-4-14(12)5-7(11-6)8-2-3-9(10)13-8/h2-3,6-7,11H,4-5H2,1H3. The first-order chi connectivity index (χ1) is 6.65. The van der Waals surface area contributed by atoms with Crippen LogP contribution >= 0.6 is 22.9 Å². The molecule has 1 saturated heterocycles. The zero-order valence-corrected chi connectivity index (χ0v) is 10.2. The van der Waals surface area contributed by atoms with Crippen LogP contribution in [0.5, 0.6) is 0 Å². The Hall–Kier alpha value is 0.1000. The second-order valence-corrected chi connectivity index (χ2v) is 6.83. The highest BCUT2D eigenvalue weighted by Gasteiger charge is 2.24. The Bertz CT molecular complexity index is 352. The van der Waals surface area contributed by atoms with E-state index < -0.39 is 10.8 Å². The van der Waals surface area contributed by atoms with E-state index >= 15 is 0 Å². The summed E-state index contributed by atoms with van der Waals surface area (Å²) in [7, 11) is -0.691. The molecule has 1 aromatic rings. The van der Waals surface area contributed by atoms with Crippen LogP contribution in [0.15, 0.2) is 12.1 Å². The van der Waals surface area contributed by atoms with Gasteiger partial charge in [0.25, 0.3) is 0 Å². The predicted octanol–water partition coefficient (Wildman–Crippen LogP) is 2.18. The molecule has 0 aliphatic carbocycles. The normalized spacial score (nSPS) is 33.1. The molecule has 0 radical (unpaired) electrons. The Kier molecular flexibility index (Phi) is 3.27. The molecule has 2 heterocycles. The fraction of sp³-hybridized carbons (Fsp3) is 0.556. The van der Waals surface area contributed by atoms with Crippen molar-refractivity contribution in [2.24, 2.45) is 0 Å². The van der Waals surface area contributed by atoms with Crippen molar-refractivity contribution in [3.8, 4) is 0 Å². The van der Waals surface area contributed by atoms with Crippen molar-refractivity contribution in [3.63, 3.8) is 0 Å². The van der Waals surface area contributed by atoms with Gasteiger partial charge >= 0.3 is 0 Å². The molecule has 5 heteroatoms. The van der Waals surface area contributed by atoms with E-state index in [2.05, 4.69) is 12.2 Å². The second kappa shape index (κ2) is 4.31. The van der Waals surface area contributed by atoms with Crippen LogP contribution in [0.1, 0.15) is 17.8 Å². The van der Waals surface area contributed by atoms with Gasteiger partial charge in [-0.2, -0.15) is 0 Å². The highest BCUT2D eigenvalue weighted by Crippen LogP contribution is 2.29. The van der Waals surface area contributed by atoms with Gasteiger partial charge < -0.3 is 5.32 Å². The first kappa shape index (κ1) is 10.6. The number of hydrogen-bond acceptors (Lipinski definition) is 3. The van der Waals surface area contributed by atoms with Gasteiger partial charge in [-0.05, 0) is 19.1 Å². The maximum atomic E-state index is 11.5. The van der Waals surface area contributed by atoms with E-state index in [0.29, 0.717) is 11.8 Å². The minimum atomic E-state index is -0.691. The molecule has 14 heavy (non-hydrogen) atoms. The highest BCUT2D eigenvalue weighted by molar-refractivity contribution is 7.85. The summed E-state index contributed by atoms with van der Waals surface area (Å²) in [4.78, 5) is 1.19. The van der Waals surface area contributed by atoms with Crippen molar-refractivity contribution in [3.05, 3.63) is 21.3 Å². The smallest absolute Gasteiger partial charge is 0.0931 e. The highest BCUT2D eigenvalue weighted by atomic mass is 35.5. The zero-order chi connectivity index (χ0) is 10.1. The fourth-order valence-electron chi connectivity index (χ4n) is 1.65. The minimum Gasteiger partial charge on any atom is -0.305 e. The van der Waals surface area contributed by atoms with Crippen molar-refractivity contribution >= 4 is 33.7 Å². The van der Waals surface area contributed by atoms with Crippen LogP contribution < -0.4 is 5.32 Å². The summed E-state index contributed by atoms with van der Waals surface area (Å²) < 4.78 is 12.3. The van der Waals surface area contributed by atoms with Gasteiger partial charge in [0.2, 0.25) is 0 Å². The molecule has 78 valence electrons. The summed E-state index contributed by atoms with van der Waals surface area (Å²) in [6.07, 6.45) is 0. The number of thiophene rings is 1. The van der Waals surface area contributed by atoms with Gasteiger partial charge in [-0.3, -0.25) is 4.21 Å². The molecule has 0 spiro atoms. The molecule has 0 bridgehead atoms. The first-order valence-corrected chi connectivity index (χ1v) is 7.19. The van der Waals surface area contributed by atoms with Crippen LogP contribution in [0.25, 0.3) is 0 Å². The van der Waals surface area contributed by atoms with Gasteiger partial charge in [0.1, 0.15) is 0 Å². The van der Waals surface area contributed by atoms with Gasteiger partial charge in [0.15, 0.2) is 0 Å². The summed E-state index contributed by atoms with van der Waals surface area (Å²) in [5.41, 5.74) is 0. The zero-order valence-electron chi connectivity index (χ0n) is 7.83. The van der Waals surface area contributed by atoms with Crippen molar-refractivity contribution < 1.29 is 4.21 Å². The average Bonchev–Trinajstić information content (AvgIpc) is 2.50. The molecular weight excluding hydrogens is 238 g/mol. The maximum Gasteiger partial charge on any atom is 0.0931 e. The minimum absolute atomic E-state index is 0.220. The van der Waals surface area contributed by atoms with E-state index in [1.165, 1.54) is 4.88 Å². The van der Waals surface area contributed by atoms with Gasteiger partial charge in [-0.15, -0.1) is 11.3 Å². The van der Waals surface area contributed by atoms with Gasteiger partial charge in [-0.25, -0.2) is 0 Å². The van der Waals surface area contributed by atoms with Crippen molar-refractivity contribution in [2.75, 3.05) is 11.5 Å². The third kappa shape index (κ3) is 2.37. The van der Waals surface area contributed by atoms with Crippen molar-refractivity contribution in [2.45, 2.75) is 19.0 Å². The van der Waals surface area contributed by atoms with Crippen LogP contribution in [-0.4, -0.2) is 21.8 Å². The topological polar surface area (TPSA) is 29.1 Å². The summed E-state index contributed by atoms with van der Waals surface area (Å²) in [6.45, 7) is 2.07. The van der Waals surface area contributed by atoms with Gasteiger partial charge in [-0.1, -0.05) is 11.6 Å². The number of rotatable bonds is 1. The molecule has 1 fully saturated rings. The first-order valence-electron chi connectivity index (χ1n) is 4.51. The fourth-order valence-corrected chi connectivity index (χ4v) is 4.32. The predicted molar refractivity (Wildman–Crippen MR) is 62.5 cm³/mol.